The van der Waals surface area contributed by atoms with Crippen LogP contribution in [0.1, 0.15) is 146 Å². The molecule has 3 unspecified atom stereocenters. The fraction of sp³-hybridized carbons (Fsp3) is 0.453. The SMILES string of the molecule is CCCCCCCCc1ccc(N(C)c2ccc(N(c3ccc(CCCCCCCC)cc3)c3ccc4c(c3)C(C)(C)/C(=C\C3C(=O)/C(=C\C5N(C)c6ccc(C)cc6C5(C)C)C3O)N4C)cc2)cc1. The van der Waals surface area contributed by atoms with Crippen molar-refractivity contribution < 1.29 is 9.90 Å². The summed E-state index contributed by atoms with van der Waals surface area (Å²) in [6, 6.07) is 40.6. The van der Waals surface area contributed by atoms with Crippen LogP contribution in [0.15, 0.2) is 133 Å². The van der Waals surface area contributed by atoms with Gasteiger partial charge in [0.15, 0.2) is 5.78 Å². The molecule has 0 radical (unpaired) electrons. The van der Waals surface area contributed by atoms with Crippen LogP contribution in [0.3, 0.4) is 0 Å². The van der Waals surface area contributed by atoms with Crippen molar-refractivity contribution in [2.24, 2.45) is 5.92 Å². The number of Topliss-reactive ketones (excluding diaryl/α,β-unsaturated/α-hetero) is 1. The van der Waals surface area contributed by atoms with Gasteiger partial charge in [0.05, 0.1) is 18.1 Å². The highest BCUT2D eigenvalue weighted by Gasteiger charge is 2.49. The number of carbonyl (C=O) groups is 1. The van der Waals surface area contributed by atoms with Crippen molar-refractivity contribution in [1.29, 1.82) is 0 Å². The van der Waals surface area contributed by atoms with E-state index in [2.05, 4.69) is 198 Å². The molecule has 0 spiro atoms. The smallest absolute Gasteiger partial charge is 0.171 e. The van der Waals surface area contributed by atoms with Gasteiger partial charge in [-0.15, -0.1) is 0 Å². The fourth-order valence-corrected chi connectivity index (χ4v) is 11.7. The summed E-state index contributed by atoms with van der Waals surface area (Å²) in [5.74, 6) is -0.583. The minimum absolute atomic E-state index is 0.0119. The summed E-state index contributed by atoms with van der Waals surface area (Å²) in [7, 11) is 6.35. The summed E-state index contributed by atoms with van der Waals surface area (Å²) < 4.78 is 0. The number of aliphatic hydroxyl groups excluding tert-OH is 1. The van der Waals surface area contributed by atoms with Crippen LogP contribution >= 0.6 is 0 Å². The maximum Gasteiger partial charge on any atom is 0.171 e. The van der Waals surface area contributed by atoms with Gasteiger partial charge in [-0.05, 0) is 128 Å². The maximum atomic E-state index is 14.1. The van der Waals surface area contributed by atoms with E-state index in [9.17, 15) is 9.90 Å². The van der Waals surface area contributed by atoms with E-state index in [0.717, 1.165) is 47.0 Å². The molecule has 5 aromatic carbocycles. The highest BCUT2D eigenvalue weighted by Crippen LogP contribution is 2.52. The van der Waals surface area contributed by atoms with E-state index in [0.29, 0.717) is 5.57 Å². The molecule has 1 N–H and O–H groups in total. The van der Waals surface area contributed by atoms with Crippen LogP contribution < -0.4 is 19.6 Å². The molecule has 1 aliphatic carbocycles. The van der Waals surface area contributed by atoms with Crippen molar-refractivity contribution in [2.75, 3.05) is 40.7 Å². The molecule has 3 atom stereocenters. The number of benzene rings is 5. The second-order valence-corrected chi connectivity index (χ2v) is 22.0. The zero-order chi connectivity index (χ0) is 49.7. The van der Waals surface area contributed by atoms with E-state index in [1.807, 2.05) is 12.2 Å². The van der Waals surface area contributed by atoms with Gasteiger partial charge >= 0.3 is 0 Å². The van der Waals surface area contributed by atoms with Crippen LogP contribution in [-0.2, 0) is 28.5 Å². The number of hydrogen-bond acceptors (Lipinski definition) is 6. The Labute approximate surface area is 422 Å². The molecule has 2 heterocycles. The van der Waals surface area contributed by atoms with Gasteiger partial charge in [-0.25, -0.2) is 0 Å². The highest BCUT2D eigenvalue weighted by molar-refractivity contribution is 6.07. The first-order valence-corrected chi connectivity index (χ1v) is 26.9. The standard InChI is InChI=1S/C64H82N4O2/c1-11-13-15-17-19-21-23-46-26-30-48(31-27-46)65(8)49-34-36-51(37-35-49)68(50-32-28-47(29-33-50)24-22-20-18-16-14-12-2)52-38-40-58-56(42-52)64(6,7)60(67(58)10)44-54-61(69)53(62(54)70)43-59-63(4,5)55-41-45(3)25-39-57(55)66(59)9/h25-44,54,59,61,69H,11-24H2,1-10H3/b53-43-,60-44+. The van der Waals surface area contributed by atoms with E-state index >= 15 is 0 Å². The van der Waals surface area contributed by atoms with Crippen LogP contribution in [0.4, 0.5) is 39.8 Å². The molecule has 1 fully saturated rings. The largest absolute Gasteiger partial charge is 0.387 e. The number of allylic oxidation sites excluding steroid dienone is 1. The molecule has 6 nitrogen and oxygen atoms in total. The maximum absolute atomic E-state index is 14.1. The third kappa shape index (κ3) is 10.4. The van der Waals surface area contributed by atoms with E-state index in [4.69, 9.17) is 0 Å². The number of hydrogen-bond donors (Lipinski definition) is 1. The van der Waals surface area contributed by atoms with Crippen LogP contribution in [0.25, 0.3) is 0 Å². The number of carbonyl (C=O) groups excluding carboxylic acids is 1. The molecular formula is C64H82N4O2. The first-order chi connectivity index (χ1) is 33.6. The van der Waals surface area contributed by atoms with E-state index in [1.165, 1.54) is 116 Å². The number of nitrogens with zero attached hydrogens (tertiary/aromatic N) is 4. The van der Waals surface area contributed by atoms with Crippen LogP contribution in [-0.4, -0.2) is 44.2 Å². The number of unbranched alkanes of at least 4 members (excludes halogenated alkanes) is 10. The predicted molar refractivity (Wildman–Crippen MR) is 298 cm³/mol. The Morgan fingerprint density at radius 1 is 0.586 bits per heavy atom. The van der Waals surface area contributed by atoms with Gasteiger partial charge in [-0.1, -0.05) is 160 Å². The minimum atomic E-state index is -0.853. The van der Waals surface area contributed by atoms with Gasteiger partial charge in [0.1, 0.15) is 0 Å². The normalized spacial score (nSPS) is 20.0. The Hall–Kier alpha value is -5.59. The van der Waals surface area contributed by atoms with Crippen LogP contribution in [0, 0.1) is 12.8 Å². The molecule has 8 rings (SSSR count). The van der Waals surface area contributed by atoms with Gasteiger partial charge in [-0.3, -0.25) is 4.79 Å². The molecule has 0 saturated heterocycles. The Morgan fingerprint density at radius 3 is 1.63 bits per heavy atom. The lowest BCUT2D eigenvalue weighted by molar-refractivity contribution is -0.127. The van der Waals surface area contributed by atoms with Gasteiger partial charge in [0.25, 0.3) is 0 Å². The quantitative estimate of drug-likeness (QED) is 0.0584. The second-order valence-electron chi connectivity index (χ2n) is 22.0. The Morgan fingerprint density at radius 2 is 1.07 bits per heavy atom. The lowest BCUT2D eigenvalue weighted by Crippen LogP contribution is -2.47. The average Bonchev–Trinajstić information content (AvgIpc) is 3.67. The molecule has 370 valence electrons. The van der Waals surface area contributed by atoms with Gasteiger partial charge in [0, 0.05) is 83.1 Å². The second kappa shape index (κ2) is 21.8. The summed E-state index contributed by atoms with van der Waals surface area (Å²) >= 11 is 0. The Kier molecular flexibility index (Phi) is 15.8. The Balaban J connectivity index is 1.03. The number of rotatable bonds is 21. The summed E-state index contributed by atoms with van der Waals surface area (Å²) in [4.78, 5) is 23.2. The third-order valence-corrected chi connectivity index (χ3v) is 16.2. The van der Waals surface area contributed by atoms with Crippen LogP contribution in [0.2, 0.25) is 0 Å². The highest BCUT2D eigenvalue weighted by atomic mass is 16.3. The number of fused-ring (bicyclic) bond motifs is 2. The molecule has 0 bridgehead atoms. The van der Waals surface area contributed by atoms with Gasteiger partial charge < -0.3 is 24.7 Å². The van der Waals surface area contributed by atoms with E-state index in [-0.39, 0.29) is 17.2 Å². The predicted octanol–water partition coefficient (Wildman–Crippen LogP) is 15.9. The molecule has 6 heteroatoms. The number of aryl methyl sites for hydroxylation is 3. The van der Waals surface area contributed by atoms with Gasteiger partial charge in [0.2, 0.25) is 0 Å². The third-order valence-electron chi connectivity index (χ3n) is 16.2. The number of anilines is 7. The molecule has 2 aliphatic heterocycles. The summed E-state index contributed by atoms with van der Waals surface area (Å²) in [6.45, 7) is 15.7. The fourth-order valence-electron chi connectivity index (χ4n) is 11.7. The molecule has 1 saturated carbocycles. The average molecular weight is 939 g/mol. The van der Waals surface area contributed by atoms with E-state index in [1.54, 1.807) is 0 Å². The number of likely N-dealkylation sites (N-methyl/N-ethyl adjacent to an activating group) is 2. The van der Waals surface area contributed by atoms with Crippen molar-refractivity contribution in [3.63, 3.8) is 0 Å². The number of aliphatic hydroxyl groups is 1. The first kappa shape index (κ1) is 50.8. The first-order valence-electron chi connectivity index (χ1n) is 26.9. The van der Waals surface area contributed by atoms with Crippen molar-refractivity contribution in [1.82, 2.24) is 0 Å². The summed E-state index contributed by atoms with van der Waals surface area (Å²) in [6.07, 6.45) is 21.1. The van der Waals surface area contributed by atoms with Crippen molar-refractivity contribution in [2.45, 2.75) is 161 Å². The van der Waals surface area contributed by atoms with Crippen LogP contribution in [0.5, 0.6) is 0 Å². The zero-order valence-electron chi connectivity index (χ0n) is 44.3. The minimum Gasteiger partial charge on any atom is -0.387 e. The molecular weight excluding hydrogens is 857 g/mol. The monoisotopic (exact) mass is 939 g/mol. The number of ketones is 1. The molecule has 0 aromatic heterocycles. The zero-order valence-corrected chi connectivity index (χ0v) is 44.3. The summed E-state index contributed by atoms with van der Waals surface area (Å²) in [5, 5.41) is 11.7. The van der Waals surface area contributed by atoms with E-state index < -0.39 is 17.4 Å². The Bertz CT molecular complexity index is 2640. The topological polar surface area (TPSA) is 50.3 Å². The molecule has 5 aromatic rings. The lowest BCUT2D eigenvalue weighted by Gasteiger charge is -2.37. The molecule has 3 aliphatic rings. The summed E-state index contributed by atoms with van der Waals surface area (Å²) in [5.41, 5.74) is 15.3. The molecule has 0 amide bonds. The van der Waals surface area contributed by atoms with Crippen molar-refractivity contribution in [3.8, 4) is 0 Å². The van der Waals surface area contributed by atoms with Crippen molar-refractivity contribution >= 4 is 45.6 Å². The lowest BCUT2D eigenvalue weighted by atomic mass is 9.70. The molecule has 70 heavy (non-hydrogen) atoms. The van der Waals surface area contributed by atoms with Gasteiger partial charge in [-0.2, -0.15) is 0 Å². The van der Waals surface area contributed by atoms with Crippen molar-refractivity contribution in [3.05, 3.63) is 160 Å².